The van der Waals surface area contributed by atoms with Crippen LogP contribution in [0.5, 0.6) is 23.0 Å². The Kier molecular flexibility index (Phi) is 6.46. The van der Waals surface area contributed by atoms with Gasteiger partial charge in [-0.25, -0.2) is 5.43 Å². The normalized spacial score (nSPS) is 10.9. The number of nitrogens with zero attached hydrogens (tertiary/aromatic N) is 1. The minimum atomic E-state index is -0.404. The van der Waals surface area contributed by atoms with E-state index in [-0.39, 0.29) is 0 Å². The zero-order valence-electron chi connectivity index (χ0n) is 16.2. The number of ether oxygens (including phenoxy) is 4. The summed E-state index contributed by atoms with van der Waals surface area (Å²) in [7, 11) is 6.16. The standard InChI is InChI=1S/C20H19ClN2O5S/c1-25-12-5-6-13-16(9-12)29-19(17(13)21)20(24)23-22-10-11-7-14(26-2)18(28-4)15(8-11)27-3/h5-10H,1-4H3,(H,23,24)/b22-10+. The lowest BCUT2D eigenvalue weighted by molar-refractivity contribution is 0.0959. The van der Waals surface area contributed by atoms with Gasteiger partial charge >= 0.3 is 0 Å². The number of amides is 1. The first-order valence-corrected chi connectivity index (χ1v) is 9.61. The van der Waals surface area contributed by atoms with Gasteiger partial charge in [0.15, 0.2) is 11.5 Å². The van der Waals surface area contributed by atoms with Gasteiger partial charge < -0.3 is 18.9 Å². The number of rotatable bonds is 7. The van der Waals surface area contributed by atoms with E-state index in [2.05, 4.69) is 10.5 Å². The number of thiophene rings is 1. The second-order valence-electron chi connectivity index (χ2n) is 5.77. The van der Waals surface area contributed by atoms with Crippen molar-refractivity contribution in [3.05, 3.63) is 45.8 Å². The van der Waals surface area contributed by atoms with Gasteiger partial charge in [0.05, 0.1) is 39.7 Å². The SMILES string of the molecule is COc1ccc2c(Cl)c(C(=O)N/N=C/c3cc(OC)c(OC)c(OC)c3)sc2c1. The fraction of sp³-hybridized carbons (Fsp3) is 0.200. The highest BCUT2D eigenvalue weighted by atomic mass is 35.5. The van der Waals surface area contributed by atoms with E-state index in [1.54, 1.807) is 25.3 Å². The van der Waals surface area contributed by atoms with E-state index in [1.807, 2.05) is 12.1 Å². The van der Waals surface area contributed by atoms with Crippen LogP contribution in [0, 0.1) is 0 Å². The average molecular weight is 435 g/mol. The minimum Gasteiger partial charge on any atom is -0.497 e. The monoisotopic (exact) mass is 434 g/mol. The summed E-state index contributed by atoms with van der Waals surface area (Å²) in [6.45, 7) is 0. The third-order valence-corrected chi connectivity index (χ3v) is 5.77. The van der Waals surface area contributed by atoms with E-state index in [1.165, 1.54) is 38.9 Å². The van der Waals surface area contributed by atoms with Crippen LogP contribution in [0.2, 0.25) is 5.02 Å². The maximum atomic E-state index is 12.5. The van der Waals surface area contributed by atoms with Crippen LogP contribution in [-0.2, 0) is 0 Å². The van der Waals surface area contributed by atoms with E-state index in [0.29, 0.717) is 38.5 Å². The zero-order valence-corrected chi connectivity index (χ0v) is 17.8. The molecule has 1 amide bonds. The molecule has 29 heavy (non-hydrogen) atoms. The van der Waals surface area contributed by atoms with Gasteiger partial charge in [0.25, 0.3) is 5.91 Å². The van der Waals surface area contributed by atoms with Gasteiger partial charge in [0.2, 0.25) is 5.75 Å². The van der Waals surface area contributed by atoms with Gasteiger partial charge in [-0.1, -0.05) is 11.6 Å². The van der Waals surface area contributed by atoms with Crippen LogP contribution < -0.4 is 24.4 Å². The van der Waals surface area contributed by atoms with E-state index < -0.39 is 5.91 Å². The Bertz CT molecular complexity index is 1060. The van der Waals surface area contributed by atoms with Crippen LogP contribution >= 0.6 is 22.9 Å². The molecule has 0 radical (unpaired) electrons. The molecule has 152 valence electrons. The Morgan fingerprint density at radius 1 is 1.03 bits per heavy atom. The molecule has 0 saturated carbocycles. The van der Waals surface area contributed by atoms with Crippen molar-refractivity contribution in [1.29, 1.82) is 0 Å². The summed E-state index contributed by atoms with van der Waals surface area (Å²) in [5, 5.41) is 5.19. The van der Waals surface area contributed by atoms with Crippen molar-refractivity contribution in [2.24, 2.45) is 5.10 Å². The second kappa shape index (κ2) is 9.02. The molecule has 1 aromatic heterocycles. The van der Waals surface area contributed by atoms with Crippen molar-refractivity contribution >= 4 is 45.1 Å². The number of benzene rings is 2. The summed E-state index contributed by atoms with van der Waals surface area (Å²) in [6.07, 6.45) is 1.48. The molecule has 9 heteroatoms. The van der Waals surface area contributed by atoms with E-state index in [4.69, 9.17) is 30.5 Å². The third kappa shape index (κ3) is 4.23. The van der Waals surface area contributed by atoms with Gasteiger partial charge in [0.1, 0.15) is 10.6 Å². The molecule has 1 heterocycles. The predicted octanol–water partition coefficient (Wildman–Crippen LogP) is 4.35. The van der Waals surface area contributed by atoms with Crippen LogP contribution in [0.3, 0.4) is 0 Å². The highest BCUT2D eigenvalue weighted by Crippen LogP contribution is 2.38. The Hall–Kier alpha value is -2.97. The maximum Gasteiger partial charge on any atom is 0.283 e. The van der Waals surface area contributed by atoms with Gasteiger partial charge in [0, 0.05) is 15.6 Å². The lowest BCUT2D eigenvalue weighted by atomic mass is 10.2. The molecule has 0 aliphatic rings. The smallest absolute Gasteiger partial charge is 0.283 e. The number of methoxy groups -OCH3 is 4. The number of carbonyl (C=O) groups is 1. The van der Waals surface area contributed by atoms with Crippen LogP contribution in [-0.4, -0.2) is 40.6 Å². The van der Waals surface area contributed by atoms with Gasteiger partial charge in [-0.15, -0.1) is 11.3 Å². The van der Waals surface area contributed by atoms with E-state index in [9.17, 15) is 4.79 Å². The summed E-state index contributed by atoms with van der Waals surface area (Å²) in [5.41, 5.74) is 3.15. The largest absolute Gasteiger partial charge is 0.497 e. The van der Waals surface area contributed by atoms with Crippen molar-refractivity contribution in [3.63, 3.8) is 0 Å². The van der Waals surface area contributed by atoms with Crippen LogP contribution in [0.4, 0.5) is 0 Å². The van der Waals surface area contributed by atoms with E-state index in [0.717, 1.165) is 10.1 Å². The number of nitrogens with one attached hydrogen (secondary N) is 1. The molecule has 0 aliphatic carbocycles. The Labute approximate surface area is 176 Å². The topological polar surface area (TPSA) is 78.4 Å². The number of hydrazone groups is 1. The molecule has 3 rings (SSSR count). The van der Waals surface area contributed by atoms with E-state index >= 15 is 0 Å². The molecule has 0 bridgehead atoms. The molecule has 0 atom stereocenters. The molecule has 0 fully saturated rings. The third-order valence-electron chi connectivity index (χ3n) is 4.11. The van der Waals surface area contributed by atoms with Crippen LogP contribution in [0.25, 0.3) is 10.1 Å². The van der Waals surface area contributed by atoms with Crippen molar-refractivity contribution in [2.75, 3.05) is 28.4 Å². The molecule has 0 aliphatic heterocycles. The molecule has 0 unspecified atom stereocenters. The van der Waals surface area contributed by atoms with Crippen molar-refractivity contribution in [1.82, 2.24) is 5.43 Å². The van der Waals surface area contributed by atoms with Gasteiger partial charge in [-0.05, 0) is 30.3 Å². The van der Waals surface area contributed by atoms with Crippen LogP contribution in [0.15, 0.2) is 35.4 Å². The summed E-state index contributed by atoms with van der Waals surface area (Å²) in [6, 6.07) is 8.89. The number of halogens is 1. The fourth-order valence-corrected chi connectivity index (χ4v) is 4.15. The first kappa shape index (κ1) is 20.8. The quantitative estimate of drug-likeness (QED) is 0.441. The predicted molar refractivity (Wildman–Crippen MR) is 115 cm³/mol. The lowest BCUT2D eigenvalue weighted by Gasteiger charge is -2.12. The van der Waals surface area contributed by atoms with Gasteiger partial charge in [-0.2, -0.15) is 5.10 Å². The number of hydrogen-bond acceptors (Lipinski definition) is 7. The minimum absolute atomic E-state index is 0.372. The number of hydrogen-bond donors (Lipinski definition) is 1. The summed E-state index contributed by atoms with van der Waals surface area (Å²) < 4.78 is 22.0. The lowest BCUT2D eigenvalue weighted by Crippen LogP contribution is -2.16. The molecule has 0 spiro atoms. The molecule has 7 nitrogen and oxygen atoms in total. The van der Waals surface area contributed by atoms with Crippen molar-refractivity contribution in [3.8, 4) is 23.0 Å². The highest BCUT2D eigenvalue weighted by molar-refractivity contribution is 7.21. The van der Waals surface area contributed by atoms with Crippen LogP contribution in [0.1, 0.15) is 15.2 Å². The number of carbonyl (C=O) groups excluding carboxylic acids is 1. The number of fused-ring (bicyclic) bond motifs is 1. The maximum absolute atomic E-state index is 12.5. The summed E-state index contributed by atoms with van der Waals surface area (Å²) >= 11 is 7.64. The molecule has 1 N–H and O–H groups in total. The zero-order chi connectivity index (χ0) is 21.0. The second-order valence-corrected chi connectivity index (χ2v) is 7.20. The average Bonchev–Trinajstić information content (AvgIpc) is 3.08. The summed E-state index contributed by atoms with van der Waals surface area (Å²) in [5.74, 6) is 1.74. The highest BCUT2D eigenvalue weighted by Gasteiger charge is 2.17. The fourth-order valence-electron chi connectivity index (χ4n) is 2.71. The molecule has 3 aromatic rings. The first-order chi connectivity index (χ1) is 14.0. The van der Waals surface area contributed by atoms with Crippen molar-refractivity contribution in [2.45, 2.75) is 0 Å². The van der Waals surface area contributed by atoms with Crippen molar-refractivity contribution < 1.29 is 23.7 Å². The molecular weight excluding hydrogens is 416 g/mol. The molecule has 0 saturated heterocycles. The van der Waals surface area contributed by atoms with Gasteiger partial charge in [-0.3, -0.25) is 4.79 Å². The summed E-state index contributed by atoms with van der Waals surface area (Å²) in [4.78, 5) is 12.9. The Morgan fingerprint density at radius 2 is 1.72 bits per heavy atom. The first-order valence-electron chi connectivity index (χ1n) is 8.41. The Morgan fingerprint density at radius 3 is 2.31 bits per heavy atom. The molecular formula is C20H19ClN2O5S. The Balaban J connectivity index is 1.81. The molecule has 2 aromatic carbocycles.